The lowest BCUT2D eigenvalue weighted by molar-refractivity contribution is 0.619. The molecule has 66 valence electrons. The molecule has 0 heterocycles. The summed E-state index contributed by atoms with van der Waals surface area (Å²) in [5.74, 6) is -0.299. The van der Waals surface area contributed by atoms with Gasteiger partial charge in [0.2, 0.25) is 0 Å². The molecule has 12 heavy (non-hydrogen) atoms. The van der Waals surface area contributed by atoms with Crippen LogP contribution in [0.4, 0.5) is 4.39 Å². The van der Waals surface area contributed by atoms with E-state index in [1.807, 2.05) is 14.0 Å². The standard InChI is InChI=1S/C9H11ClFN/c1-6(12-2)8-4-3-7(11)5-9(8)10/h3-6,12H,1-2H3/t6-/m0/s1. The number of hydrogen-bond acceptors (Lipinski definition) is 1. The molecule has 0 aliphatic rings. The van der Waals surface area contributed by atoms with Crippen molar-refractivity contribution in [2.75, 3.05) is 7.05 Å². The lowest BCUT2D eigenvalue weighted by Crippen LogP contribution is -2.12. The molecule has 3 heteroatoms. The lowest BCUT2D eigenvalue weighted by atomic mass is 10.1. The van der Waals surface area contributed by atoms with Crippen LogP contribution in [0, 0.1) is 5.82 Å². The first-order chi connectivity index (χ1) is 5.65. The van der Waals surface area contributed by atoms with E-state index in [0.29, 0.717) is 5.02 Å². The highest BCUT2D eigenvalue weighted by Gasteiger charge is 2.07. The van der Waals surface area contributed by atoms with E-state index in [-0.39, 0.29) is 11.9 Å². The molecule has 0 unspecified atom stereocenters. The van der Waals surface area contributed by atoms with Crippen molar-refractivity contribution in [1.82, 2.24) is 5.32 Å². The SMILES string of the molecule is CN[C@@H](C)c1ccc(F)cc1Cl. The molecule has 0 spiro atoms. The third-order valence-electron chi connectivity index (χ3n) is 1.86. The topological polar surface area (TPSA) is 12.0 Å². The molecule has 0 aromatic heterocycles. The van der Waals surface area contributed by atoms with Crippen LogP contribution in [0.15, 0.2) is 18.2 Å². The molecule has 0 bridgehead atoms. The Labute approximate surface area is 76.5 Å². The first kappa shape index (κ1) is 9.49. The van der Waals surface area contributed by atoms with Crippen molar-refractivity contribution in [3.63, 3.8) is 0 Å². The monoisotopic (exact) mass is 187 g/mol. The fourth-order valence-electron chi connectivity index (χ4n) is 1.01. The minimum Gasteiger partial charge on any atom is -0.313 e. The van der Waals surface area contributed by atoms with Gasteiger partial charge in [0, 0.05) is 11.1 Å². The number of halogens is 2. The van der Waals surface area contributed by atoms with Crippen LogP contribution in [0.5, 0.6) is 0 Å². The summed E-state index contributed by atoms with van der Waals surface area (Å²) in [6.45, 7) is 1.97. The summed E-state index contributed by atoms with van der Waals surface area (Å²) in [6.07, 6.45) is 0. The number of hydrogen-bond donors (Lipinski definition) is 1. The van der Waals surface area contributed by atoms with Crippen molar-refractivity contribution in [2.24, 2.45) is 0 Å². The normalized spacial score (nSPS) is 13.0. The quantitative estimate of drug-likeness (QED) is 0.751. The highest BCUT2D eigenvalue weighted by atomic mass is 35.5. The van der Waals surface area contributed by atoms with Crippen LogP contribution in [-0.4, -0.2) is 7.05 Å². The zero-order valence-corrected chi connectivity index (χ0v) is 7.82. The summed E-state index contributed by atoms with van der Waals surface area (Å²) < 4.78 is 12.6. The van der Waals surface area contributed by atoms with Crippen molar-refractivity contribution in [3.05, 3.63) is 34.6 Å². The second-order valence-electron chi connectivity index (χ2n) is 2.68. The van der Waals surface area contributed by atoms with Gasteiger partial charge in [-0.15, -0.1) is 0 Å². The van der Waals surface area contributed by atoms with E-state index < -0.39 is 0 Å². The van der Waals surface area contributed by atoms with Gasteiger partial charge >= 0.3 is 0 Å². The van der Waals surface area contributed by atoms with E-state index in [1.165, 1.54) is 12.1 Å². The summed E-state index contributed by atoms with van der Waals surface area (Å²) in [5.41, 5.74) is 0.917. The van der Waals surface area contributed by atoms with E-state index >= 15 is 0 Å². The van der Waals surface area contributed by atoms with Crippen LogP contribution < -0.4 is 5.32 Å². The van der Waals surface area contributed by atoms with Crippen molar-refractivity contribution in [2.45, 2.75) is 13.0 Å². The smallest absolute Gasteiger partial charge is 0.124 e. The Morgan fingerprint density at radius 1 is 1.50 bits per heavy atom. The zero-order chi connectivity index (χ0) is 9.14. The summed E-state index contributed by atoms with van der Waals surface area (Å²) in [6, 6.07) is 4.58. The molecule has 1 aromatic carbocycles. The third-order valence-corrected chi connectivity index (χ3v) is 2.19. The maximum absolute atomic E-state index is 12.6. The highest BCUT2D eigenvalue weighted by molar-refractivity contribution is 6.31. The molecule has 0 saturated carbocycles. The molecule has 0 amide bonds. The van der Waals surface area contributed by atoms with E-state index in [2.05, 4.69) is 5.32 Å². The van der Waals surface area contributed by atoms with Gasteiger partial charge in [-0.3, -0.25) is 0 Å². The highest BCUT2D eigenvalue weighted by Crippen LogP contribution is 2.22. The first-order valence-electron chi connectivity index (χ1n) is 3.77. The Bertz CT molecular complexity index is 275. The molecule has 0 aliphatic carbocycles. The second kappa shape index (κ2) is 3.87. The van der Waals surface area contributed by atoms with Gasteiger partial charge in [-0.25, -0.2) is 4.39 Å². The molecule has 1 aromatic rings. The zero-order valence-electron chi connectivity index (χ0n) is 7.07. The Morgan fingerprint density at radius 3 is 2.67 bits per heavy atom. The van der Waals surface area contributed by atoms with Crippen LogP contribution in [0.2, 0.25) is 5.02 Å². The van der Waals surface area contributed by atoms with Gasteiger partial charge in [0.15, 0.2) is 0 Å². The van der Waals surface area contributed by atoms with Crippen LogP contribution in [0.1, 0.15) is 18.5 Å². The molecule has 0 aliphatic heterocycles. The Balaban J connectivity index is 3.01. The fourth-order valence-corrected chi connectivity index (χ4v) is 1.34. The average Bonchev–Trinajstić information content (AvgIpc) is 2.03. The summed E-state index contributed by atoms with van der Waals surface area (Å²) in [5, 5.41) is 3.50. The molecule has 1 nitrogen and oxygen atoms in total. The Kier molecular flexibility index (Phi) is 3.06. The molecule has 0 saturated heterocycles. The first-order valence-corrected chi connectivity index (χ1v) is 4.15. The molecule has 1 rings (SSSR count). The molecule has 1 atom stereocenters. The largest absolute Gasteiger partial charge is 0.313 e. The average molecular weight is 188 g/mol. The summed E-state index contributed by atoms with van der Waals surface area (Å²) >= 11 is 5.82. The number of rotatable bonds is 2. The van der Waals surface area contributed by atoms with Crippen LogP contribution in [-0.2, 0) is 0 Å². The molecule has 0 fully saturated rings. The van der Waals surface area contributed by atoms with Crippen molar-refractivity contribution in [1.29, 1.82) is 0 Å². The Morgan fingerprint density at radius 2 is 2.17 bits per heavy atom. The lowest BCUT2D eigenvalue weighted by Gasteiger charge is -2.11. The molecule has 0 radical (unpaired) electrons. The minimum atomic E-state index is -0.299. The molecular formula is C9H11ClFN. The summed E-state index contributed by atoms with van der Waals surface area (Å²) in [7, 11) is 1.84. The number of benzene rings is 1. The van der Waals surface area contributed by atoms with Crippen molar-refractivity contribution < 1.29 is 4.39 Å². The van der Waals surface area contributed by atoms with E-state index in [9.17, 15) is 4.39 Å². The maximum Gasteiger partial charge on any atom is 0.124 e. The molecular weight excluding hydrogens is 177 g/mol. The van der Waals surface area contributed by atoms with Crippen molar-refractivity contribution in [3.8, 4) is 0 Å². The summed E-state index contributed by atoms with van der Waals surface area (Å²) in [4.78, 5) is 0. The predicted molar refractivity (Wildman–Crippen MR) is 48.9 cm³/mol. The van der Waals surface area contributed by atoms with Gasteiger partial charge in [0.1, 0.15) is 5.82 Å². The Hall–Kier alpha value is -0.600. The fraction of sp³-hybridized carbons (Fsp3) is 0.333. The minimum absolute atomic E-state index is 0.151. The third kappa shape index (κ3) is 1.96. The van der Waals surface area contributed by atoms with Gasteiger partial charge in [-0.05, 0) is 31.7 Å². The molecule has 1 N–H and O–H groups in total. The maximum atomic E-state index is 12.6. The number of nitrogens with one attached hydrogen (secondary N) is 1. The van der Waals surface area contributed by atoms with Gasteiger partial charge in [0.05, 0.1) is 0 Å². The van der Waals surface area contributed by atoms with E-state index in [1.54, 1.807) is 6.07 Å². The van der Waals surface area contributed by atoms with E-state index in [0.717, 1.165) is 5.56 Å². The van der Waals surface area contributed by atoms with Gasteiger partial charge in [0.25, 0.3) is 0 Å². The van der Waals surface area contributed by atoms with Crippen molar-refractivity contribution >= 4 is 11.6 Å². The van der Waals surface area contributed by atoms with Gasteiger partial charge in [-0.1, -0.05) is 17.7 Å². The van der Waals surface area contributed by atoms with Crippen LogP contribution in [0.25, 0.3) is 0 Å². The second-order valence-corrected chi connectivity index (χ2v) is 3.08. The predicted octanol–water partition coefficient (Wildman–Crippen LogP) is 2.76. The van der Waals surface area contributed by atoms with E-state index in [4.69, 9.17) is 11.6 Å². The van der Waals surface area contributed by atoms with Gasteiger partial charge < -0.3 is 5.32 Å². The van der Waals surface area contributed by atoms with Gasteiger partial charge in [-0.2, -0.15) is 0 Å². The van der Waals surface area contributed by atoms with Crippen LogP contribution in [0.3, 0.4) is 0 Å². The van der Waals surface area contributed by atoms with Crippen LogP contribution >= 0.6 is 11.6 Å².